The van der Waals surface area contributed by atoms with E-state index in [1.807, 2.05) is 18.2 Å². The number of hydrogen-bond donors (Lipinski definition) is 0. The smallest absolute Gasteiger partial charge is 0.246 e. The molecule has 1 aliphatic heterocycles. The Balaban J connectivity index is 1.63. The molecular formula is C21H23ClN2O4S. The highest BCUT2D eigenvalue weighted by Crippen LogP contribution is 2.19. The van der Waals surface area contributed by atoms with Gasteiger partial charge in [-0.2, -0.15) is 4.31 Å². The minimum Gasteiger partial charge on any atom is -0.379 e. The van der Waals surface area contributed by atoms with Gasteiger partial charge in [0.05, 0.1) is 18.1 Å². The van der Waals surface area contributed by atoms with Crippen molar-refractivity contribution in [3.05, 3.63) is 70.8 Å². The van der Waals surface area contributed by atoms with Crippen LogP contribution in [0.3, 0.4) is 0 Å². The summed E-state index contributed by atoms with van der Waals surface area (Å²) in [4.78, 5) is 14.1. The number of carbonyl (C=O) groups is 1. The second-order valence-corrected chi connectivity index (χ2v) is 9.05. The summed E-state index contributed by atoms with van der Waals surface area (Å²) in [6, 6.07) is 13.9. The van der Waals surface area contributed by atoms with Crippen molar-refractivity contribution in [2.24, 2.45) is 0 Å². The normalized spacial score (nSPS) is 15.5. The number of benzene rings is 2. The fourth-order valence-corrected chi connectivity index (χ4v) is 4.55. The van der Waals surface area contributed by atoms with Crippen LogP contribution in [-0.2, 0) is 26.1 Å². The van der Waals surface area contributed by atoms with Gasteiger partial charge in [-0.3, -0.25) is 4.79 Å². The third-order valence-electron chi connectivity index (χ3n) is 4.65. The van der Waals surface area contributed by atoms with Gasteiger partial charge in [-0.25, -0.2) is 8.42 Å². The van der Waals surface area contributed by atoms with Crippen molar-refractivity contribution in [2.75, 3.05) is 33.4 Å². The maximum atomic E-state index is 12.6. The second-order valence-electron chi connectivity index (χ2n) is 6.70. The molecule has 0 atom stereocenters. The Morgan fingerprint density at radius 3 is 2.45 bits per heavy atom. The topological polar surface area (TPSA) is 66.9 Å². The number of sulfonamides is 1. The zero-order valence-corrected chi connectivity index (χ0v) is 17.7. The van der Waals surface area contributed by atoms with Crippen LogP contribution in [0, 0.1) is 0 Å². The lowest BCUT2D eigenvalue weighted by atomic mass is 10.2. The number of hydrogen-bond acceptors (Lipinski definition) is 4. The van der Waals surface area contributed by atoms with Crippen molar-refractivity contribution in [1.29, 1.82) is 0 Å². The largest absolute Gasteiger partial charge is 0.379 e. The Labute approximate surface area is 176 Å². The van der Waals surface area contributed by atoms with Crippen LogP contribution in [-0.4, -0.2) is 56.9 Å². The first-order valence-electron chi connectivity index (χ1n) is 9.22. The van der Waals surface area contributed by atoms with Gasteiger partial charge in [0.2, 0.25) is 15.9 Å². The molecule has 3 rings (SSSR count). The van der Waals surface area contributed by atoms with Gasteiger partial charge < -0.3 is 9.64 Å². The van der Waals surface area contributed by atoms with Crippen molar-refractivity contribution in [3.8, 4) is 0 Å². The Bertz CT molecular complexity index is 984. The van der Waals surface area contributed by atoms with Crippen molar-refractivity contribution in [2.45, 2.75) is 11.4 Å². The number of ether oxygens (including phenoxy) is 1. The van der Waals surface area contributed by atoms with Crippen molar-refractivity contribution in [1.82, 2.24) is 9.21 Å². The predicted octanol–water partition coefficient (Wildman–Crippen LogP) is 3.03. The molecule has 29 heavy (non-hydrogen) atoms. The maximum absolute atomic E-state index is 12.6. The molecule has 8 heteroatoms. The molecule has 2 aromatic carbocycles. The minimum atomic E-state index is -3.52. The summed E-state index contributed by atoms with van der Waals surface area (Å²) < 4.78 is 31.9. The van der Waals surface area contributed by atoms with E-state index < -0.39 is 10.0 Å². The van der Waals surface area contributed by atoms with Crippen molar-refractivity contribution >= 4 is 33.6 Å². The number of nitrogens with zero attached hydrogens (tertiary/aromatic N) is 2. The third-order valence-corrected chi connectivity index (χ3v) is 6.93. The van der Waals surface area contributed by atoms with E-state index >= 15 is 0 Å². The summed E-state index contributed by atoms with van der Waals surface area (Å²) in [6.07, 6.45) is 3.12. The van der Waals surface area contributed by atoms with Crippen molar-refractivity contribution < 1.29 is 17.9 Å². The van der Waals surface area contributed by atoms with E-state index in [4.69, 9.17) is 16.3 Å². The fraction of sp³-hybridized carbons (Fsp3) is 0.286. The van der Waals surface area contributed by atoms with E-state index in [0.717, 1.165) is 11.1 Å². The minimum absolute atomic E-state index is 0.171. The Kier molecular flexibility index (Phi) is 7.08. The summed E-state index contributed by atoms with van der Waals surface area (Å²) in [6.45, 7) is 1.93. The molecular weight excluding hydrogens is 412 g/mol. The van der Waals surface area contributed by atoms with Gasteiger partial charge in [-0.15, -0.1) is 0 Å². The van der Waals surface area contributed by atoms with Crippen LogP contribution in [0.2, 0.25) is 5.02 Å². The lowest BCUT2D eigenvalue weighted by molar-refractivity contribution is -0.125. The molecule has 1 aliphatic rings. The van der Waals surface area contributed by atoms with Gasteiger partial charge in [0.15, 0.2) is 0 Å². The highest BCUT2D eigenvalue weighted by atomic mass is 35.5. The van der Waals surface area contributed by atoms with E-state index in [9.17, 15) is 13.2 Å². The molecule has 0 unspecified atom stereocenters. The molecule has 6 nitrogen and oxygen atoms in total. The lowest BCUT2D eigenvalue weighted by Gasteiger charge is -2.26. The van der Waals surface area contributed by atoms with Gasteiger partial charge in [0.25, 0.3) is 0 Å². The van der Waals surface area contributed by atoms with Gasteiger partial charge in [-0.1, -0.05) is 41.9 Å². The zero-order chi connectivity index (χ0) is 20.9. The average Bonchev–Trinajstić information content (AvgIpc) is 2.74. The molecule has 2 aromatic rings. The highest BCUT2D eigenvalue weighted by Gasteiger charge is 2.25. The number of rotatable bonds is 6. The first kappa shape index (κ1) is 21.5. The Morgan fingerprint density at radius 1 is 1.14 bits per heavy atom. The summed E-state index contributed by atoms with van der Waals surface area (Å²) in [5, 5.41) is 0.619. The summed E-state index contributed by atoms with van der Waals surface area (Å²) in [5.41, 5.74) is 1.61. The van der Waals surface area contributed by atoms with Crippen LogP contribution in [0.25, 0.3) is 6.08 Å². The Hall–Kier alpha value is -2.19. The Morgan fingerprint density at radius 2 is 1.79 bits per heavy atom. The molecule has 1 fully saturated rings. The molecule has 0 spiro atoms. The standard InChI is InChI=1S/C21H23ClN2O4S/c1-23(16-18-4-2-3-5-20(18)22)21(25)11-8-17-6-9-19(10-7-17)29(26,27)24-12-14-28-15-13-24/h2-11H,12-16H2,1H3/b11-8+. The average molecular weight is 435 g/mol. The van der Waals surface area contributed by atoms with E-state index in [2.05, 4.69) is 0 Å². The first-order valence-corrected chi connectivity index (χ1v) is 11.0. The second kappa shape index (κ2) is 9.54. The van der Waals surface area contributed by atoms with Crippen LogP contribution in [0.1, 0.15) is 11.1 Å². The number of amides is 1. The fourth-order valence-electron chi connectivity index (χ4n) is 2.94. The van der Waals surface area contributed by atoms with E-state index in [1.54, 1.807) is 48.4 Å². The molecule has 1 amide bonds. The number of halogens is 1. The lowest BCUT2D eigenvalue weighted by Crippen LogP contribution is -2.40. The van der Waals surface area contributed by atoms with Crippen LogP contribution in [0.15, 0.2) is 59.5 Å². The highest BCUT2D eigenvalue weighted by molar-refractivity contribution is 7.89. The maximum Gasteiger partial charge on any atom is 0.246 e. The molecule has 154 valence electrons. The zero-order valence-electron chi connectivity index (χ0n) is 16.1. The SMILES string of the molecule is CN(Cc1ccccc1Cl)C(=O)/C=C/c1ccc(S(=O)(=O)N2CCOCC2)cc1. The summed E-state index contributed by atoms with van der Waals surface area (Å²) in [5.74, 6) is -0.171. The van der Waals surface area contributed by atoms with Crippen molar-refractivity contribution in [3.63, 3.8) is 0 Å². The molecule has 1 saturated heterocycles. The third kappa shape index (κ3) is 5.45. The van der Waals surface area contributed by atoms with Crippen LogP contribution >= 0.6 is 11.6 Å². The van der Waals surface area contributed by atoms with Crippen LogP contribution < -0.4 is 0 Å². The van der Waals surface area contributed by atoms with Gasteiger partial charge >= 0.3 is 0 Å². The molecule has 0 N–H and O–H groups in total. The van der Waals surface area contributed by atoms with E-state index in [0.29, 0.717) is 37.9 Å². The number of morpholine rings is 1. The molecule has 0 aliphatic carbocycles. The number of carbonyl (C=O) groups excluding carboxylic acids is 1. The predicted molar refractivity (Wildman–Crippen MR) is 113 cm³/mol. The van der Waals surface area contributed by atoms with Gasteiger partial charge in [0.1, 0.15) is 0 Å². The van der Waals surface area contributed by atoms with Gasteiger partial charge in [-0.05, 0) is 35.4 Å². The van der Waals surface area contributed by atoms with Crippen LogP contribution in [0.5, 0.6) is 0 Å². The summed E-state index contributed by atoms with van der Waals surface area (Å²) >= 11 is 6.14. The number of likely N-dealkylation sites (N-methyl/N-ethyl adjacent to an activating group) is 1. The molecule has 0 saturated carbocycles. The summed E-state index contributed by atoms with van der Waals surface area (Å²) in [7, 11) is -1.82. The quantitative estimate of drug-likeness (QED) is 0.655. The molecule has 0 radical (unpaired) electrons. The van der Waals surface area contributed by atoms with Gasteiger partial charge in [0, 0.05) is 37.8 Å². The molecule has 1 heterocycles. The monoisotopic (exact) mass is 434 g/mol. The molecule has 0 bridgehead atoms. The van der Waals surface area contributed by atoms with E-state index in [-0.39, 0.29) is 10.8 Å². The van der Waals surface area contributed by atoms with Crippen LogP contribution in [0.4, 0.5) is 0 Å². The van der Waals surface area contributed by atoms with E-state index in [1.165, 1.54) is 10.4 Å². The first-order chi connectivity index (χ1) is 13.9. The molecule has 0 aromatic heterocycles.